The number of hydrogen-bond donors (Lipinski definition) is 1. The van der Waals surface area contributed by atoms with Gasteiger partial charge in [0.15, 0.2) is 0 Å². The number of carbonyl (C=O) groups excluding carboxylic acids is 1. The molecule has 2 aliphatic rings. The van der Waals surface area contributed by atoms with Crippen molar-refractivity contribution in [3.8, 4) is 0 Å². The number of nitrogens with zero attached hydrogens (tertiary/aromatic N) is 1. The quantitative estimate of drug-likeness (QED) is 0.828. The molecule has 1 heterocycles. The first kappa shape index (κ1) is 9.09. The van der Waals surface area contributed by atoms with Gasteiger partial charge in [0.1, 0.15) is 0 Å². The van der Waals surface area contributed by atoms with Gasteiger partial charge in [0.05, 0.1) is 5.71 Å². The predicted molar refractivity (Wildman–Crippen MR) is 60.4 cm³/mol. The highest BCUT2D eigenvalue weighted by Crippen LogP contribution is 2.43. The van der Waals surface area contributed by atoms with Gasteiger partial charge in [-0.15, -0.1) is 0 Å². The number of halogens is 1. The maximum absolute atomic E-state index is 11.2. The molecule has 15 heavy (non-hydrogen) atoms. The molecule has 0 aromatic heterocycles. The zero-order chi connectivity index (χ0) is 10.4. The molecule has 2 atom stereocenters. The highest BCUT2D eigenvalue weighted by molar-refractivity contribution is 9.10. The highest BCUT2D eigenvalue weighted by atomic mass is 79.9. The minimum absolute atomic E-state index is 0.0702. The molecule has 1 N–H and O–H groups in total. The van der Waals surface area contributed by atoms with E-state index < -0.39 is 0 Å². The number of fused-ring (bicyclic) bond motifs is 1. The van der Waals surface area contributed by atoms with E-state index in [1.165, 1.54) is 0 Å². The van der Waals surface area contributed by atoms with Gasteiger partial charge in [-0.05, 0) is 24.1 Å². The van der Waals surface area contributed by atoms with Gasteiger partial charge < -0.3 is 0 Å². The van der Waals surface area contributed by atoms with Crippen molar-refractivity contribution in [2.24, 2.45) is 16.9 Å². The molecule has 76 valence electrons. The van der Waals surface area contributed by atoms with Crippen molar-refractivity contribution in [3.63, 3.8) is 0 Å². The summed E-state index contributed by atoms with van der Waals surface area (Å²) in [6.07, 6.45) is 0.945. The molecule has 4 heteroatoms. The molecule has 1 fully saturated rings. The molecule has 3 nitrogen and oxygen atoms in total. The van der Waals surface area contributed by atoms with E-state index in [4.69, 9.17) is 0 Å². The second-order valence-electron chi connectivity index (χ2n) is 3.93. The van der Waals surface area contributed by atoms with Gasteiger partial charge >= 0.3 is 0 Å². The summed E-state index contributed by atoms with van der Waals surface area (Å²) in [5, 5.41) is 4.13. The number of hydrogen-bond acceptors (Lipinski definition) is 2. The smallest absolute Gasteiger partial charge is 0.243 e. The van der Waals surface area contributed by atoms with Crippen molar-refractivity contribution in [2.75, 3.05) is 0 Å². The first-order chi connectivity index (χ1) is 7.25. The first-order valence-corrected chi connectivity index (χ1v) is 5.68. The van der Waals surface area contributed by atoms with Crippen LogP contribution >= 0.6 is 15.9 Å². The number of nitrogens with one attached hydrogen (secondary N) is 1. The Morgan fingerprint density at radius 1 is 1.27 bits per heavy atom. The van der Waals surface area contributed by atoms with E-state index >= 15 is 0 Å². The molecule has 1 saturated carbocycles. The number of hydrazone groups is 1. The zero-order valence-electron chi connectivity index (χ0n) is 7.90. The maximum atomic E-state index is 11.2. The Morgan fingerprint density at radius 3 is 2.73 bits per heavy atom. The van der Waals surface area contributed by atoms with Gasteiger partial charge in [0.25, 0.3) is 0 Å². The molecule has 0 radical (unpaired) electrons. The van der Waals surface area contributed by atoms with Crippen LogP contribution in [0.5, 0.6) is 0 Å². The molecule has 0 saturated heterocycles. The van der Waals surface area contributed by atoms with Crippen LogP contribution in [0.3, 0.4) is 0 Å². The zero-order valence-corrected chi connectivity index (χ0v) is 9.49. The van der Waals surface area contributed by atoms with Crippen molar-refractivity contribution in [3.05, 3.63) is 34.3 Å². The molecule has 0 unspecified atom stereocenters. The van der Waals surface area contributed by atoms with Crippen LogP contribution in [-0.2, 0) is 4.79 Å². The topological polar surface area (TPSA) is 41.5 Å². The van der Waals surface area contributed by atoms with Crippen molar-refractivity contribution in [1.82, 2.24) is 5.43 Å². The average molecular weight is 265 g/mol. The van der Waals surface area contributed by atoms with Crippen molar-refractivity contribution in [2.45, 2.75) is 6.42 Å². The van der Waals surface area contributed by atoms with E-state index in [1.54, 1.807) is 0 Å². The van der Waals surface area contributed by atoms with Crippen LogP contribution in [0, 0.1) is 11.8 Å². The second kappa shape index (κ2) is 3.17. The summed E-state index contributed by atoms with van der Waals surface area (Å²) in [7, 11) is 0. The summed E-state index contributed by atoms with van der Waals surface area (Å²) >= 11 is 3.39. The van der Waals surface area contributed by atoms with Gasteiger partial charge in [-0.2, -0.15) is 5.10 Å². The van der Waals surface area contributed by atoms with E-state index in [-0.39, 0.29) is 11.8 Å². The van der Waals surface area contributed by atoms with Crippen LogP contribution < -0.4 is 5.43 Å². The summed E-state index contributed by atoms with van der Waals surface area (Å²) in [5.41, 5.74) is 4.70. The molecular weight excluding hydrogens is 256 g/mol. The van der Waals surface area contributed by atoms with Gasteiger partial charge in [-0.3, -0.25) is 4.79 Å². The number of carbonyl (C=O) groups is 1. The molecule has 1 aliphatic heterocycles. The van der Waals surface area contributed by atoms with Crippen LogP contribution in [0.15, 0.2) is 33.8 Å². The van der Waals surface area contributed by atoms with Gasteiger partial charge in [-0.1, -0.05) is 28.1 Å². The average Bonchev–Trinajstić information content (AvgIpc) is 3.01. The summed E-state index contributed by atoms with van der Waals surface area (Å²) in [6.45, 7) is 0. The molecule has 1 amide bonds. The molecule has 1 aromatic carbocycles. The maximum Gasteiger partial charge on any atom is 0.243 e. The first-order valence-electron chi connectivity index (χ1n) is 4.89. The van der Waals surface area contributed by atoms with Gasteiger partial charge in [0.2, 0.25) is 5.91 Å². The third-order valence-electron chi connectivity index (χ3n) is 2.90. The molecule has 1 aliphatic carbocycles. The van der Waals surface area contributed by atoms with Crippen LogP contribution in [-0.4, -0.2) is 11.6 Å². The Bertz CT molecular complexity index is 452. The summed E-state index contributed by atoms with van der Waals surface area (Å²) < 4.78 is 1.05. The Kier molecular flexibility index (Phi) is 1.92. The lowest BCUT2D eigenvalue weighted by Gasteiger charge is -2.11. The lowest BCUT2D eigenvalue weighted by atomic mass is 10.0. The van der Waals surface area contributed by atoms with Crippen LogP contribution in [0.1, 0.15) is 12.0 Å². The Labute approximate surface area is 95.7 Å². The highest BCUT2D eigenvalue weighted by Gasteiger charge is 2.49. The SMILES string of the molecule is O=C1NN=C(c2ccc(Br)cc2)[C@@H]2C[C@H]12. The monoisotopic (exact) mass is 264 g/mol. The number of benzene rings is 1. The summed E-state index contributed by atoms with van der Waals surface area (Å²) in [5.74, 6) is 0.585. The Hall–Kier alpha value is -1.16. The molecule has 3 rings (SSSR count). The minimum Gasteiger partial charge on any atom is -0.273 e. The third-order valence-corrected chi connectivity index (χ3v) is 3.43. The standard InChI is InChI=1S/C11H9BrN2O/c12-7-3-1-6(2-4-7)10-8-5-9(8)11(15)14-13-10/h1-4,8-9H,5H2,(H,14,15)/t8-,9+/m1/s1. The van der Waals surface area contributed by atoms with E-state index in [0.29, 0.717) is 5.92 Å². The minimum atomic E-state index is 0.0702. The fourth-order valence-electron chi connectivity index (χ4n) is 1.97. The van der Waals surface area contributed by atoms with E-state index in [1.807, 2.05) is 24.3 Å². The van der Waals surface area contributed by atoms with Crippen molar-refractivity contribution in [1.29, 1.82) is 0 Å². The van der Waals surface area contributed by atoms with Crippen LogP contribution in [0.2, 0.25) is 0 Å². The molecule has 1 aromatic rings. The third kappa shape index (κ3) is 1.49. The summed E-state index contributed by atoms with van der Waals surface area (Å²) in [6, 6.07) is 8.03. The summed E-state index contributed by atoms with van der Waals surface area (Å²) in [4.78, 5) is 11.2. The van der Waals surface area contributed by atoms with E-state index in [0.717, 1.165) is 22.2 Å². The van der Waals surface area contributed by atoms with E-state index in [9.17, 15) is 4.79 Å². The molecular formula is C11H9BrN2O. The Balaban J connectivity index is 1.95. The van der Waals surface area contributed by atoms with Crippen LogP contribution in [0.4, 0.5) is 0 Å². The van der Waals surface area contributed by atoms with E-state index in [2.05, 4.69) is 26.5 Å². The second-order valence-corrected chi connectivity index (χ2v) is 4.84. The largest absolute Gasteiger partial charge is 0.273 e. The fraction of sp³-hybridized carbons (Fsp3) is 0.273. The lowest BCUT2D eigenvalue weighted by molar-refractivity contribution is -0.122. The van der Waals surface area contributed by atoms with Crippen LogP contribution in [0.25, 0.3) is 0 Å². The molecule has 0 bridgehead atoms. The van der Waals surface area contributed by atoms with Gasteiger partial charge in [0, 0.05) is 16.3 Å². The fourth-order valence-corrected chi connectivity index (χ4v) is 2.23. The van der Waals surface area contributed by atoms with Crippen molar-refractivity contribution < 1.29 is 4.79 Å². The number of rotatable bonds is 1. The Morgan fingerprint density at radius 2 is 2.00 bits per heavy atom. The van der Waals surface area contributed by atoms with Gasteiger partial charge in [-0.25, -0.2) is 5.43 Å². The van der Waals surface area contributed by atoms with Crippen molar-refractivity contribution >= 4 is 27.5 Å². The molecule has 0 spiro atoms. The predicted octanol–water partition coefficient (Wildman–Crippen LogP) is 1.92. The lowest BCUT2D eigenvalue weighted by Crippen LogP contribution is -2.28. The number of amides is 1. The normalized spacial score (nSPS) is 27.8.